The third-order valence-electron chi connectivity index (χ3n) is 4.90. The van der Waals surface area contributed by atoms with E-state index in [0.29, 0.717) is 31.9 Å². The smallest absolute Gasteiger partial charge is 0.272 e. The van der Waals surface area contributed by atoms with Crippen molar-refractivity contribution in [2.24, 2.45) is 5.10 Å². The number of amides is 2. The molecule has 0 fully saturated rings. The fourth-order valence-electron chi connectivity index (χ4n) is 3.25. The fraction of sp³-hybridized carbons (Fsp3) is 0.0417. The molecule has 0 aliphatic carbocycles. The zero-order chi connectivity index (χ0) is 24.1. The van der Waals surface area contributed by atoms with Crippen LogP contribution in [0.3, 0.4) is 0 Å². The Hall–Kier alpha value is -4.01. The Morgan fingerprint density at radius 2 is 1.65 bits per heavy atom. The molecule has 8 nitrogen and oxygen atoms in total. The first kappa shape index (κ1) is 23.2. The maximum Gasteiger partial charge on any atom is 0.272 e. The summed E-state index contributed by atoms with van der Waals surface area (Å²) >= 11 is 11.9. The number of hydrogen-bond acceptors (Lipinski definition) is 5. The highest BCUT2D eigenvalue weighted by atomic mass is 35.5. The minimum absolute atomic E-state index is 0.168. The van der Waals surface area contributed by atoms with Crippen LogP contribution in [0.1, 0.15) is 27.7 Å². The quantitative estimate of drug-likeness (QED) is 0.279. The highest BCUT2D eigenvalue weighted by Gasteiger charge is 2.27. The van der Waals surface area contributed by atoms with Gasteiger partial charge in [-0.2, -0.15) is 10.2 Å². The van der Waals surface area contributed by atoms with Gasteiger partial charge in [-0.3, -0.25) is 14.4 Å². The van der Waals surface area contributed by atoms with Gasteiger partial charge in [-0.25, -0.2) is 10.5 Å². The summed E-state index contributed by atoms with van der Waals surface area (Å²) in [6.07, 6.45) is 1.38. The van der Waals surface area contributed by atoms with Crippen molar-refractivity contribution < 1.29 is 9.59 Å². The van der Waals surface area contributed by atoms with Gasteiger partial charge >= 0.3 is 0 Å². The molecule has 0 spiro atoms. The zero-order valence-electron chi connectivity index (χ0n) is 17.5. The summed E-state index contributed by atoms with van der Waals surface area (Å²) in [6, 6.07) is 18.7. The maximum absolute atomic E-state index is 13.1. The van der Waals surface area contributed by atoms with Crippen LogP contribution in [0.4, 0.5) is 0 Å². The van der Waals surface area contributed by atoms with Crippen molar-refractivity contribution in [3.05, 3.63) is 110 Å². The predicted octanol–water partition coefficient (Wildman–Crippen LogP) is 3.85. The van der Waals surface area contributed by atoms with Crippen molar-refractivity contribution in [2.45, 2.75) is 6.04 Å². The number of benzene rings is 3. The molecule has 170 valence electrons. The molecule has 4 rings (SSSR count). The normalized spacial score (nSPS) is 11.9. The van der Waals surface area contributed by atoms with Crippen molar-refractivity contribution in [2.75, 3.05) is 0 Å². The maximum atomic E-state index is 13.1. The Balaban J connectivity index is 1.66. The van der Waals surface area contributed by atoms with Crippen LogP contribution in [0.2, 0.25) is 10.0 Å². The molecular weight excluding hydrogens is 477 g/mol. The van der Waals surface area contributed by atoms with Gasteiger partial charge in [0.05, 0.1) is 21.6 Å². The first-order chi connectivity index (χ1) is 16.4. The Labute approximate surface area is 203 Å². The SMILES string of the molecule is O=C(N[C@@H](C(=O)N/N=C\c1ccc(Cl)c(Cl)c1)c1n[nH]c(=O)c2ccccc12)c1ccccc1. The van der Waals surface area contributed by atoms with Crippen LogP contribution >= 0.6 is 23.2 Å². The third-order valence-corrected chi connectivity index (χ3v) is 5.64. The third kappa shape index (κ3) is 5.14. The number of fused-ring (bicyclic) bond motifs is 1. The second kappa shape index (κ2) is 10.3. The molecule has 1 heterocycles. The Kier molecular flexibility index (Phi) is 7.01. The van der Waals surface area contributed by atoms with Gasteiger partial charge < -0.3 is 5.32 Å². The zero-order valence-corrected chi connectivity index (χ0v) is 19.0. The predicted molar refractivity (Wildman–Crippen MR) is 131 cm³/mol. The van der Waals surface area contributed by atoms with E-state index in [-0.39, 0.29) is 5.69 Å². The monoisotopic (exact) mass is 493 g/mol. The number of carbonyl (C=O) groups excluding carboxylic acids is 2. The standard InChI is InChI=1S/C24H17Cl2N5O3/c25-18-11-10-14(12-19(18)26)13-27-30-24(34)21(28-22(32)15-6-2-1-3-7-15)20-16-8-4-5-9-17(16)23(33)31-29-20/h1-13,21H,(H,28,32)(H,30,34)(H,31,33)/b27-13-/t21-/m1/s1. The van der Waals surface area contributed by atoms with Crippen molar-refractivity contribution in [3.8, 4) is 0 Å². The van der Waals surface area contributed by atoms with Crippen molar-refractivity contribution in [3.63, 3.8) is 0 Å². The molecule has 1 aromatic heterocycles. The summed E-state index contributed by atoms with van der Waals surface area (Å²) in [5, 5.41) is 14.6. The van der Waals surface area contributed by atoms with E-state index in [9.17, 15) is 14.4 Å². The summed E-state index contributed by atoms with van der Waals surface area (Å²) in [5.74, 6) is -1.16. The van der Waals surface area contributed by atoms with E-state index in [1.807, 2.05) is 0 Å². The lowest BCUT2D eigenvalue weighted by molar-refractivity contribution is -0.123. The van der Waals surface area contributed by atoms with Gasteiger partial charge in [0.15, 0.2) is 6.04 Å². The molecule has 0 aliphatic heterocycles. The van der Waals surface area contributed by atoms with E-state index in [2.05, 4.69) is 26.0 Å². The second-order valence-corrected chi connectivity index (χ2v) is 7.98. The molecular formula is C24H17Cl2N5O3. The highest BCUT2D eigenvalue weighted by Crippen LogP contribution is 2.22. The molecule has 4 aromatic rings. The molecule has 1 atom stereocenters. The summed E-state index contributed by atoms with van der Waals surface area (Å²) in [5.41, 5.74) is 3.12. The lowest BCUT2D eigenvalue weighted by Crippen LogP contribution is -2.40. The van der Waals surface area contributed by atoms with E-state index in [1.165, 1.54) is 6.21 Å². The van der Waals surface area contributed by atoms with E-state index in [4.69, 9.17) is 23.2 Å². The minimum atomic E-state index is -1.25. The van der Waals surface area contributed by atoms with Gasteiger partial charge in [-0.1, -0.05) is 65.7 Å². The fourth-order valence-corrected chi connectivity index (χ4v) is 3.55. The van der Waals surface area contributed by atoms with Gasteiger partial charge in [0.1, 0.15) is 5.69 Å². The van der Waals surface area contributed by atoms with Crippen LogP contribution in [0.15, 0.2) is 82.7 Å². The molecule has 10 heteroatoms. The van der Waals surface area contributed by atoms with Crippen LogP contribution in [0, 0.1) is 0 Å². The van der Waals surface area contributed by atoms with Crippen LogP contribution in [0.5, 0.6) is 0 Å². The van der Waals surface area contributed by atoms with Crippen LogP contribution < -0.4 is 16.3 Å². The molecule has 0 unspecified atom stereocenters. The topological polar surface area (TPSA) is 116 Å². The van der Waals surface area contributed by atoms with E-state index in [1.54, 1.807) is 72.8 Å². The Morgan fingerprint density at radius 3 is 2.38 bits per heavy atom. The summed E-state index contributed by atoms with van der Waals surface area (Å²) in [6.45, 7) is 0. The Bertz CT molecular complexity index is 1450. The first-order valence-corrected chi connectivity index (χ1v) is 10.8. The minimum Gasteiger partial charge on any atom is -0.335 e. The van der Waals surface area contributed by atoms with Crippen molar-refractivity contribution in [1.29, 1.82) is 0 Å². The van der Waals surface area contributed by atoms with Gasteiger partial charge in [0.25, 0.3) is 17.4 Å². The summed E-state index contributed by atoms with van der Waals surface area (Å²) in [4.78, 5) is 38.2. The molecule has 0 radical (unpaired) electrons. The van der Waals surface area contributed by atoms with E-state index >= 15 is 0 Å². The van der Waals surface area contributed by atoms with Crippen LogP contribution in [0.25, 0.3) is 10.8 Å². The number of hydrazone groups is 1. The van der Waals surface area contributed by atoms with Gasteiger partial charge in [0.2, 0.25) is 0 Å². The number of aromatic amines is 1. The molecule has 0 saturated carbocycles. The molecule has 0 saturated heterocycles. The average Bonchev–Trinajstić information content (AvgIpc) is 2.86. The van der Waals surface area contributed by atoms with Gasteiger partial charge in [-0.15, -0.1) is 0 Å². The first-order valence-electron chi connectivity index (χ1n) is 10.1. The Morgan fingerprint density at radius 1 is 0.941 bits per heavy atom. The lowest BCUT2D eigenvalue weighted by Gasteiger charge is -2.18. The second-order valence-electron chi connectivity index (χ2n) is 7.16. The lowest BCUT2D eigenvalue weighted by atomic mass is 10.0. The van der Waals surface area contributed by atoms with E-state index < -0.39 is 23.4 Å². The molecule has 0 bridgehead atoms. The molecule has 3 N–H and O–H groups in total. The van der Waals surface area contributed by atoms with Gasteiger partial charge in [-0.05, 0) is 35.9 Å². The average molecular weight is 494 g/mol. The van der Waals surface area contributed by atoms with Crippen molar-refractivity contribution >= 4 is 52.0 Å². The molecule has 0 aliphatic rings. The largest absolute Gasteiger partial charge is 0.335 e. The molecule has 2 amide bonds. The summed E-state index contributed by atoms with van der Waals surface area (Å²) < 4.78 is 0. The number of rotatable bonds is 6. The van der Waals surface area contributed by atoms with Crippen molar-refractivity contribution in [1.82, 2.24) is 20.9 Å². The highest BCUT2D eigenvalue weighted by molar-refractivity contribution is 6.42. The number of carbonyl (C=O) groups is 2. The van der Waals surface area contributed by atoms with Crippen LogP contribution in [-0.4, -0.2) is 28.2 Å². The van der Waals surface area contributed by atoms with Gasteiger partial charge in [0, 0.05) is 10.9 Å². The number of nitrogens with one attached hydrogen (secondary N) is 3. The number of hydrogen-bond donors (Lipinski definition) is 3. The van der Waals surface area contributed by atoms with E-state index in [0.717, 1.165) is 0 Å². The number of halogens is 2. The number of nitrogens with zero attached hydrogens (tertiary/aromatic N) is 2. The molecule has 3 aromatic carbocycles. The molecule has 34 heavy (non-hydrogen) atoms. The van der Waals surface area contributed by atoms with Crippen LogP contribution in [-0.2, 0) is 4.79 Å². The summed E-state index contributed by atoms with van der Waals surface area (Å²) in [7, 11) is 0. The number of aromatic nitrogens is 2. The number of H-pyrrole nitrogens is 1.